The fraction of sp³-hybridized carbons (Fsp3) is 0.500. The van der Waals surface area contributed by atoms with Gasteiger partial charge in [-0.05, 0) is 37.3 Å². The predicted molar refractivity (Wildman–Crippen MR) is 61.4 cm³/mol. The van der Waals surface area contributed by atoms with Gasteiger partial charge in [0.05, 0.1) is 0 Å². The topological polar surface area (TPSA) is 0 Å². The van der Waals surface area contributed by atoms with Crippen molar-refractivity contribution in [2.24, 2.45) is 5.92 Å². The van der Waals surface area contributed by atoms with Gasteiger partial charge in [0, 0.05) is 9.75 Å². The lowest BCUT2D eigenvalue weighted by atomic mass is 10.1. The Bertz CT molecular complexity index is 258. The second-order valence-corrected chi connectivity index (χ2v) is 5.05. The maximum Gasteiger partial charge on any atom is 0.00512 e. The number of thiophene rings is 1. The molecule has 0 aliphatic carbocycles. The molecular formula is C12H18S. The van der Waals surface area contributed by atoms with Crippen molar-refractivity contribution in [3.63, 3.8) is 0 Å². The van der Waals surface area contributed by atoms with Crippen LogP contribution in [-0.2, 0) is 12.8 Å². The first-order valence-electron chi connectivity index (χ1n) is 4.91. The molecule has 0 saturated carbocycles. The Morgan fingerprint density at radius 2 is 2.08 bits per heavy atom. The highest BCUT2D eigenvalue weighted by Crippen LogP contribution is 2.20. The van der Waals surface area contributed by atoms with Gasteiger partial charge >= 0.3 is 0 Å². The molecule has 0 atom stereocenters. The smallest absolute Gasteiger partial charge is 0.00512 e. The van der Waals surface area contributed by atoms with Gasteiger partial charge in [0.2, 0.25) is 0 Å². The van der Waals surface area contributed by atoms with E-state index >= 15 is 0 Å². The van der Waals surface area contributed by atoms with Gasteiger partial charge in [0.1, 0.15) is 0 Å². The molecule has 0 aromatic carbocycles. The van der Waals surface area contributed by atoms with Crippen LogP contribution in [0.5, 0.6) is 0 Å². The van der Waals surface area contributed by atoms with E-state index in [0.29, 0.717) is 0 Å². The number of aryl methyl sites for hydroxylation is 1. The molecule has 0 N–H and O–H groups in total. The Labute approximate surface area is 85.3 Å². The Morgan fingerprint density at radius 3 is 2.69 bits per heavy atom. The molecule has 0 aliphatic rings. The van der Waals surface area contributed by atoms with Gasteiger partial charge in [-0.1, -0.05) is 19.9 Å². The monoisotopic (exact) mass is 194 g/mol. The number of hydrogen-bond acceptors (Lipinski definition) is 1. The van der Waals surface area contributed by atoms with Crippen molar-refractivity contribution < 1.29 is 0 Å². The van der Waals surface area contributed by atoms with Crippen LogP contribution in [-0.4, -0.2) is 0 Å². The fourth-order valence-corrected chi connectivity index (χ4v) is 2.56. The Kier molecular flexibility index (Phi) is 4.23. The average Bonchev–Trinajstić information content (AvgIpc) is 2.48. The highest BCUT2D eigenvalue weighted by atomic mass is 32.1. The lowest BCUT2D eigenvalue weighted by Gasteiger charge is -1.99. The third kappa shape index (κ3) is 3.77. The van der Waals surface area contributed by atoms with Crippen LogP contribution < -0.4 is 0 Å². The maximum atomic E-state index is 3.74. The normalized spacial score (nSPS) is 10.7. The zero-order chi connectivity index (χ0) is 9.68. The van der Waals surface area contributed by atoms with E-state index in [1.807, 2.05) is 17.4 Å². The molecule has 0 aliphatic heterocycles. The average molecular weight is 194 g/mol. The molecule has 0 saturated heterocycles. The zero-order valence-electron chi connectivity index (χ0n) is 8.55. The molecule has 1 aromatic heterocycles. The van der Waals surface area contributed by atoms with Crippen molar-refractivity contribution in [3.8, 4) is 0 Å². The molecule has 1 heterocycles. The summed E-state index contributed by atoms with van der Waals surface area (Å²) in [5, 5.41) is 0. The Balaban J connectivity index is 2.48. The van der Waals surface area contributed by atoms with Crippen LogP contribution in [0.1, 0.15) is 30.0 Å². The highest BCUT2D eigenvalue weighted by molar-refractivity contribution is 7.11. The summed E-state index contributed by atoms with van der Waals surface area (Å²) in [6, 6.07) is 4.52. The summed E-state index contributed by atoms with van der Waals surface area (Å²) in [5.74, 6) is 0.769. The van der Waals surface area contributed by atoms with Gasteiger partial charge in [-0.25, -0.2) is 0 Å². The van der Waals surface area contributed by atoms with Crippen LogP contribution in [0.25, 0.3) is 0 Å². The van der Waals surface area contributed by atoms with E-state index in [-0.39, 0.29) is 0 Å². The second kappa shape index (κ2) is 5.23. The first-order valence-corrected chi connectivity index (χ1v) is 5.72. The van der Waals surface area contributed by atoms with E-state index in [2.05, 4.69) is 32.6 Å². The second-order valence-electron chi connectivity index (χ2n) is 3.79. The van der Waals surface area contributed by atoms with Gasteiger partial charge in [0.15, 0.2) is 0 Å². The number of hydrogen-bond donors (Lipinski definition) is 0. The molecule has 13 heavy (non-hydrogen) atoms. The van der Waals surface area contributed by atoms with Crippen LogP contribution in [0.2, 0.25) is 0 Å². The first-order chi connectivity index (χ1) is 6.22. The molecule has 0 spiro atoms. The first kappa shape index (κ1) is 10.5. The van der Waals surface area contributed by atoms with Gasteiger partial charge < -0.3 is 0 Å². The van der Waals surface area contributed by atoms with E-state index < -0.39 is 0 Å². The predicted octanol–water partition coefficient (Wildman–Crippen LogP) is 4.07. The molecular weight excluding hydrogens is 176 g/mol. The van der Waals surface area contributed by atoms with E-state index in [4.69, 9.17) is 0 Å². The highest BCUT2D eigenvalue weighted by Gasteiger charge is 2.01. The summed E-state index contributed by atoms with van der Waals surface area (Å²) in [7, 11) is 0. The van der Waals surface area contributed by atoms with Crippen LogP contribution in [0, 0.1) is 5.92 Å². The summed E-state index contributed by atoms with van der Waals surface area (Å²) >= 11 is 1.95. The summed E-state index contributed by atoms with van der Waals surface area (Å²) in [4.78, 5) is 3.02. The van der Waals surface area contributed by atoms with E-state index in [9.17, 15) is 0 Å². The Morgan fingerprint density at radius 1 is 1.38 bits per heavy atom. The molecule has 0 unspecified atom stereocenters. The molecule has 0 amide bonds. The lowest BCUT2D eigenvalue weighted by Crippen LogP contribution is -1.89. The molecule has 1 rings (SSSR count). The van der Waals surface area contributed by atoms with Gasteiger partial charge in [-0.15, -0.1) is 17.9 Å². The zero-order valence-corrected chi connectivity index (χ0v) is 9.36. The SMILES string of the molecule is C=CCCc1ccc(CC(C)C)s1. The van der Waals surface area contributed by atoms with E-state index in [0.717, 1.165) is 18.8 Å². The standard InChI is InChI=1S/C12H18S/c1-4-5-6-11-7-8-12(13-11)9-10(2)3/h4,7-8,10H,1,5-6,9H2,2-3H3. The molecule has 0 bridgehead atoms. The van der Waals surface area contributed by atoms with Gasteiger partial charge in [0.25, 0.3) is 0 Å². The van der Waals surface area contributed by atoms with Gasteiger partial charge in [-0.2, -0.15) is 0 Å². The van der Waals surface area contributed by atoms with Crippen molar-refractivity contribution in [1.82, 2.24) is 0 Å². The van der Waals surface area contributed by atoms with Crippen molar-refractivity contribution >= 4 is 11.3 Å². The van der Waals surface area contributed by atoms with Crippen molar-refractivity contribution in [3.05, 3.63) is 34.5 Å². The minimum absolute atomic E-state index is 0.769. The summed E-state index contributed by atoms with van der Waals surface area (Å²) in [6.07, 6.45) is 5.47. The van der Waals surface area contributed by atoms with Crippen LogP contribution in [0.15, 0.2) is 24.8 Å². The lowest BCUT2D eigenvalue weighted by molar-refractivity contribution is 0.654. The quantitative estimate of drug-likeness (QED) is 0.620. The van der Waals surface area contributed by atoms with Gasteiger partial charge in [-0.3, -0.25) is 0 Å². The van der Waals surface area contributed by atoms with Crippen LogP contribution in [0.4, 0.5) is 0 Å². The minimum atomic E-state index is 0.769. The molecule has 1 aromatic rings. The van der Waals surface area contributed by atoms with Crippen LogP contribution >= 0.6 is 11.3 Å². The molecule has 0 fully saturated rings. The molecule has 0 nitrogen and oxygen atoms in total. The summed E-state index contributed by atoms with van der Waals surface area (Å²) in [5.41, 5.74) is 0. The van der Waals surface area contributed by atoms with Crippen molar-refractivity contribution in [1.29, 1.82) is 0 Å². The Hall–Kier alpha value is -0.560. The van der Waals surface area contributed by atoms with Crippen molar-refractivity contribution in [2.45, 2.75) is 33.1 Å². The third-order valence-corrected chi connectivity index (χ3v) is 3.09. The largest absolute Gasteiger partial charge is 0.145 e. The van der Waals surface area contributed by atoms with E-state index in [1.54, 1.807) is 0 Å². The van der Waals surface area contributed by atoms with Crippen molar-refractivity contribution in [2.75, 3.05) is 0 Å². The molecule has 0 radical (unpaired) electrons. The fourth-order valence-electron chi connectivity index (χ4n) is 1.31. The number of allylic oxidation sites excluding steroid dienone is 1. The minimum Gasteiger partial charge on any atom is -0.145 e. The maximum absolute atomic E-state index is 3.74. The summed E-state index contributed by atoms with van der Waals surface area (Å²) < 4.78 is 0. The van der Waals surface area contributed by atoms with Crippen LogP contribution in [0.3, 0.4) is 0 Å². The third-order valence-electron chi connectivity index (χ3n) is 1.92. The molecule has 1 heteroatoms. The van der Waals surface area contributed by atoms with E-state index in [1.165, 1.54) is 16.2 Å². The number of rotatable bonds is 5. The summed E-state index contributed by atoms with van der Waals surface area (Å²) in [6.45, 7) is 8.27. The molecule has 72 valence electrons.